The van der Waals surface area contributed by atoms with Crippen molar-refractivity contribution < 1.29 is 15.0 Å². The highest BCUT2D eigenvalue weighted by Crippen LogP contribution is 2.35. The molecule has 0 aliphatic carbocycles. The van der Waals surface area contributed by atoms with Crippen LogP contribution in [0.2, 0.25) is 15.1 Å². The molecular weight excluding hydrogens is 274 g/mol. The molecule has 0 saturated carbocycles. The molecule has 0 aliphatic heterocycles. The highest BCUT2D eigenvalue weighted by molar-refractivity contribution is 6.39. The molecule has 0 heterocycles. The zero-order valence-corrected chi connectivity index (χ0v) is 10.4. The normalized spacial score (nSPS) is 12.5. The summed E-state index contributed by atoms with van der Waals surface area (Å²) < 4.78 is 0. The first kappa shape index (κ1) is 13.6. The molecule has 16 heavy (non-hydrogen) atoms. The van der Waals surface area contributed by atoms with E-state index in [1.165, 1.54) is 12.1 Å². The maximum absolute atomic E-state index is 10.4. The summed E-state index contributed by atoms with van der Waals surface area (Å²) in [6.45, 7) is 0. The first-order chi connectivity index (χ1) is 7.41. The lowest BCUT2D eigenvalue weighted by molar-refractivity contribution is -0.137. The van der Waals surface area contributed by atoms with Crippen molar-refractivity contribution >= 4 is 40.8 Å². The van der Waals surface area contributed by atoms with Gasteiger partial charge in [-0.2, -0.15) is 0 Å². The molecule has 6 heteroatoms. The third kappa shape index (κ3) is 3.52. The lowest BCUT2D eigenvalue weighted by Crippen LogP contribution is -2.03. The van der Waals surface area contributed by atoms with E-state index < -0.39 is 12.1 Å². The van der Waals surface area contributed by atoms with Gasteiger partial charge in [0.25, 0.3) is 0 Å². The minimum absolute atomic E-state index is 0.0520. The molecule has 1 atom stereocenters. The van der Waals surface area contributed by atoms with Gasteiger partial charge in [0.05, 0.1) is 6.10 Å². The van der Waals surface area contributed by atoms with Crippen LogP contribution >= 0.6 is 34.8 Å². The summed E-state index contributed by atoms with van der Waals surface area (Å²) in [6, 6.07) is 2.91. The summed E-state index contributed by atoms with van der Waals surface area (Å²) in [5.74, 6) is -0.986. The molecule has 0 saturated heterocycles. The number of carboxylic acids is 1. The summed E-state index contributed by atoms with van der Waals surface area (Å²) in [4.78, 5) is 10.4. The average molecular weight is 284 g/mol. The number of rotatable bonds is 4. The monoisotopic (exact) mass is 282 g/mol. The number of benzene rings is 1. The van der Waals surface area contributed by atoms with Crippen molar-refractivity contribution in [1.29, 1.82) is 0 Å². The zero-order chi connectivity index (χ0) is 12.3. The van der Waals surface area contributed by atoms with Crippen molar-refractivity contribution in [3.8, 4) is 0 Å². The molecular formula is C10H9Cl3O3. The Morgan fingerprint density at radius 2 is 1.75 bits per heavy atom. The second-order valence-electron chi connectivity index (χ2n) is 3.23. The standard InChI is InChI=1S/C10H9Cl3O3/c11-5-3-6(12)10(7(13)4-5)8(14)1-2-9(15)16/h3-4,8,14H,1-2H2,(H,15,16). The molecule has 0 amide bonds. The number of halogens is 3. The summed E-state index contributed by atoms with van der Waals surface area (Å²) in [5, 5.41) is 19.1. The van der Waals surface area contributed by atoms with E-state index in [2.05, 4.69) is 0 Å². The highest BCUT2D eigenvalue weighted by Gasteiger charge is 2.17. The van der Waals surface area contributed by atoms with Gasteiger partial charge in [-0.1, -0.05) is 34.8 Å². The van der Waals surface area contributed by atoms with Gasteiger partial charge in [0, 0.05) is 27.1 Å². The average Bonchev–Trinajstić information content (AvgIpc) is 2.12. The van der Waals surface area contributed by atoms with Crippen LogP contribution in [0.25, 0.3) is 0 Å². The molecule has 88 valence electrons. The van der Waals surface area contributed by atoms with Crippen molar-refractivity contribution in [1.82, 2.24) is 0 Å². The summed E-state index contributed by atoms with van der Waals surface area (Å²) in [5.41, 5.74) is 0.314. The molecule has 1 aromatic rings. The Kier molecular flexibility index (Phi) is 4.87. The van der Waals surface area contributed by atoms with E-state index in [0.717, 1.165) is 0 Å². The molecule has 0 spiro atoms. The van der Waals surface area contributed by atoms with Gasteiger partial charge in [0.2, 0.25) is 0 Å². The van der Waals surface area contributed by atoms with Gasteiger partial charge in [-0.25, -0.2) is 0 Å². The van der Waals surface area contributed by atoms with Crippen LogP contribution in [0, 0.1) is 0 Å². The Bertz CT molecular complexity index is 383. The quantitative estimate of drug-likeness (QED) is 0.888. The van der Waals surface area contributed by atoms with Crippen molar-refractivity contribution in [2.45, 2.75) is 18.9 Å². The van der Waals surface area contributed by atoms with E-state index in [4.69, 9.17) is 39.9 Å². The first-order valence-electron chi connectivity index (χ1n) is 4.46. The van der Waals surface area contributed by atoms with Gasteiger partial charge in [0.15, 0.2) is 0 Å². The van der Waals surface area contributed by atoms with Crippen LogP contribution in [0.15, 0.2) is 12.1 Å². The van der Waals surface area contributed by atoms with Gasteiger partial charge in [0.1, 0.15) is 0 Å². The Morgan fingerprint density at radius 3 is 2.19 bits per heavy atom. The SMILES string of the molecule is O=C(O)CCC(O)c1c(Cl)cc(Cl)cc1Cl. The van der Waals surface area contributed by atoms with Gasteiger partial charge in [-0.05, 0) is 18.6 Å². The largest absolute Gasteiger partial charge is 0.481 e. The maximum Gasteiger partial charge on any atom is 0.303 e. The number of aliphatic hydroxyl groups is 1. The molecule has 1 aromatic carbocycles. The minimum Gasteiger partial charge on any atom is -0.481 e. The molecule has 1 unspecified atom stereocenters. The smallest absolute Gasteiger partial charge is 0.303 e. The number of aliphatic hydroxyl groups excluding tert-OH is 1. The number of hydrogen-bond donors (Lipinski definition) is 2. The van der Waals surface area contributed by atoms with E-state index >= 15 is 0 Å². The first-order valence-corrected chi connectivity index (χ1v) is 5.59. The van der Waals surface area contributed by atoms with Gasteiger partial charge >= 0.3 is 5.97 Å². The zero-order valence-electron chi connectivity index (χ0n) is 8.08. The van der Waals surface area contributed by atoms with E-state index in [0.29, 0.717) is 10.6 Å². The van der Waals surface area contributed by atoms with Crippen molar-refractivity contribution in [3.05, 3.63) is 32.8 Å². The number of hydrogen-bond acceptors (Lipinski definition) is 2. The molecule has 2 N–H and O–H groups in total. The second kappa shape index (κ2) is 5.73. The fourth-order valence-electron chi connectivity index (χ4n) is 1.28. The van der Waals surface area contributed by atoms with Crippen LogP contribution in [-0.2, 0) is 4.79 Å². The Labute approximate surface area is 108 Å². The Morgan fingerprint density at radius 1 is 1.25 bits per heavy atom. The molecule has 1 rings (SSSR count). The number of carboxylic acid groups (broad SMARTS) is 1. The lowest BCUT2D eigenvalue weighted by Gasteiger charge is -2.13. The fraction of sp³-hybridized carbons (Fsp3) is 0.300. The van der Waals surface area contributed by atoms with E-state index in [1.807, 2.05) is 0 Å². The minimum atomic E-state index is -1.01. The van der Waals surface area contributed by atoms with Crippen molar-refractivity contribution in [2.75, 3.05) is 0 Å². The molecule has 0 fully saturated rings. The van der Waals surface area contributed by atoms with Gasteiger partial charge in [-0.3, -0.25) is 4.79 Å². The predicted molar refractivity (Wildman–Crippen MR) is 63.3 cm³/mol. The van der Waals surface area contributed by atoms with Crippen LogP contribution in [-0.4, -0.2) is 16.2 Å². The van der Waals surface area contributed by atoms with Crippen LogP contribution in [0.1, 0.15) is 24.5 Å². The van der Waals surface area contributed by atoms with Gasteiger partial charge in [-0.15, -0.1) is 0 Å². The van der Waals surface area contributed by atoms with Crippen LogP contribution in [0.4, 0.5) is 0 Å². The topological polar surface area (TPSA) is 57.5 Å². The Balaban J connectivity index is 2.90. The molecule has 0 radical (unpaired) electrons. The second-order valence-corrected chi connectivity index (χ2v) is 4.48. The van der Waals surface area contributed by atoms with E-state index in [-0.39, 0.29) is 22.9 Å². The summed E-state index contributed by atoms with van der Waals surface area (Å²) in [6.07, 6.45) is -1.11. The summed E-state index contributed by atoms with van der Waals surface area (Å²) in [7, 11) is 0. The van der Waals surface area contributed by atoms with E-state index in [1.54, 1.807) is 0 Å². The molecule has 3 nitrogen and oxygen atoms in total. The molecule has 0 aromatic heterocycles. The third-order valence-corrected chi connectivity index (χ3v) is 2.85. The number of carbonyl (C=O) groups is 1. The van der Waals surface area contributed by atoms with Crippen molar-refractivity contribution in [2.24, 2.45) is 0 Å². The van der Waals surface area contributed by atoms with Crippen LogP contribution in [0.3, 0.4) is 0 Å². The third-order valence-electron chi connectivity index (χ3n) is 2.01. The maximum atomic E-state index is 10.4. The lowest BCUT2D eigenvalue weighted by atomic mass is 10.0. The molecule has 0 aliphatic rings. The molecule has 0 bridgehead atoms. The fourth-order valence-corrected chi connectivity index (χ4v) is 2.35. The van der Waals surface area contributed by atoms with E-state index in [9.17, 15) is 9.90 Å². The summed E-state index contributed by atoms with van der Waals surface area (Å²) >= 11 is 17.4. The number of aliphatic carboxylic acids is 1. The Hall–Kier alpha value is -0.480. The van der Waals surface area contributed by atoms with Crippen molar-refractivity contribution in [3.63, 3.8) is 0 Å². The highest BCUT2D eigenvalue weighted by atomic mass is 35.5. The van der Waals surface area contributed by atoms with Crippen LogP contribution < -0.4 is 0 Å². The van der Waals surface area contributed by atoms with Crippen LogP contribution in [0.5, 0.6) is 0 Å². The van der Waals surface area contributed by atoms with Gasteiger partial charge < -0.3 is 10.2 Å². The predicted octanol–water partition coefficient (Wildman–Crippen LogP) is 3.55.